The average Bonchev–Trinajstić information content (AvgIpc) is 2.72. The number of anilines is 2. The highest BCUT2D eigenvalue weighted by molar-refractivity contribution is 5.93. The molecule has 0 heterocycles. The zero-order chi connectivity index (χ0) is 23.8. The van der Waals surface area contributed by atoms with Crippen molar-refractivity contribution in [1.82, 2.24) is 0 Å². The summed E-state index contributed by atoms with van der Waals surface area (Å²) >= 11 is 0. The molecule has 0 aliphatic carbocycles. The minimum atomic E-state index is -1.33. The molecule has 0 fully saturated rings. The van der Waals surface area contributed by atoms with E-state index in [1.807, 2.05) is 6.07 Å². The number of rotatable bonds is 9. The van der Waals surface area contributed by atoms with Gasteiger partial charge in [-0.2, -0.15) is 9.65 Å². The van der Waals surface area contributed by atoms with E-state index in [2.05, 4.69) is 20.9 Å². The van der Waals surface area contributed by atoms with Gasteiger partial charge in [-0.1, -0.05) is 0 Å². The summed E-state index contributed by atoms with van der Waals surface area (Å²) in [5, 5.41) is 43.7. The summed E-state index contributed by atoms with van der Waals surface area (Å²) in [6.07, 6.45) is 0.204. The van der Waals surface area contributed by atoms with Gasteiger partial charge in [0.1, 0.15) is 11.4 Å². The van der Waals surface area contributed by atoms with Gasteiger partial charge in [-0.05, 0) is 6.07 Å². The van der Waals surface area contributed by atoms with E-state index in [1.54, 1.807) is 0 Å². The van der Waals surface area contributed by atoms with Crippen LogP contribution in [0.15, 0.2) is 34.5 Å². The van der Waals surface area contributed by atoms with E-state index in [-0.39, 0.29) is 23.5 Å². The Morgan fingerprint density at radius 1 is 1.12 bits per heavy atom. The van der Waals surface area contributed by atoms with Crippen molar-refractivity contribution in [1.29, 1.82) is 5.26 Å². The Hall–Kier alpha value is -4.67. The van der Waals surface area contributed by atoms with Gasteiger partial charge in [-0.25, -0.2) is 0 Å². The topological polar surface area (TPSA) is 185 Å². The predicted octanol–water partition coefficient (Wildman–Crippen LogP) is 4.35. The number of halogens is 1. The van der Waals surface area contributed by atoms with E-state index in [1.165, 1.54) is 26.2 Å². The molecule has 0 saturated heterocycles. The lowest BCUT2D eigenvalue weighted by Crippen LogP contribution is -2.08. The fourth-order valence-corrected chi connectivity index (χ4v) is 2.52. The third kappa shape index (κ3) is 5.69. The number of benzene rings is 2. The van der Waals surface area contributed by atoms with Crippen LogP contribution in [0, 0.1) is 37.4 Å². The molecule has 2 N–H and O–H groups in total. The zero-order valence-electron chi connectivity index (χ0n) is 16.8. The molecule has 166 valence electrons. The number of azo groups is 1. The summed E-state index contributed by atoms with van der Waals surface area (Å²) in [5.41, 5.74) is -1.89. The highest BCUT2D eigenvalue weighted by Crippen LogP contribution is 2.39. The third-order valence-corrected chi connectivity index (χ3v) is 3.88. The number of carbonyl (C=O) groups is 1. The average molecular weight is 445 g/mol. The minimum Gasteiger partial charge on any atom is -0.495 e. The lowest BCUT2D eigenvalue weighted by molar-refractivity contribution is -0.395. The Balaban J connectivity index is 2.56. The van der Waals surface area contributed by atoms with Crippen LogP contribution in [0.25, 0.3) is 0 Å². The van der Waals surface area contributed by atoms with Gasteiger partial charge in [-0.15, -0.1) is 10.2 Å². The monoisotopic (exact) mass is 445 g/mol. The maximum atomic E-state index is 14.0. The lowest BCUT2D eigenvalue weighted by Gasteiger charge is -2.14. The van der Waals surface area contributed by atoms with Crippen LogP contribution in [0.5, 0.6) is 5.75 Å². The Morgan fingerprint density at radius 2 is 1.78 bits per heavy atom. The molecule has 32 heavy (non-hydrogen) atoms. The Kier molecular flexibility index (Phi) is 7.66. The summed E-state index contributed by atoms with van der Waals surface area (Å²) in [7, 11) is 1.36. The number of nitrogens with one attached hydrogen (secondary N) is 2. The van der Waals surface area contributed by atoms with Crippen molar-refractivity contribution in [2.24, 2.45) is 10.2 Å². The number of methoxy groups -OCH3 is 1. The van der Waals surface area contributed by atoms with Crippen LogP contribution in [0.1, 0.15) is 13.3 Å². The summed E-state index contributed by atoms with van der Waals surface area (Å²) in [6, 6.07) is 5.75. The number of hydrogen-bond acceptors (Lipinski definition) is 10. The summed E-state index contributed by atoms with van der Waals surface area (Å²) in [6.45, 7) is 1.53. The summed E-state index contributed by atoms with van der Waals surface area (Å²) < 4.78 is 19.2. The molecular formula is C18H16FN7O6. The van der Waals surface area contributed by atoms with Crippen LogP contribution in [0.3, 0.4) is 0 Å². The second kappa shape index (κ2) is 10.4. The second-order valence-electron chi connectivity index (χ2n) is 6.09. The molecule has 0 spiro atoms. The molecule has 2 aromatic carbocycles. The molecule has 0 unspecified atom stereocenters. The Bertz CT molecular complexity index is 1150. The quantitative estimate of drug-likeness (QED) is 0.247. The number of nitro groups is 2. The number of nitrogens with zero attached hydrogens (tertiary/aromatic N) is 5. The van der Waals surface area contributed by atoms with Crippen molar-refractivity contribution >= 4 is 40.0 Å². The van der Waals surface area contributed by atoms with E-state index in [0.29, 0.717) is 24.4 Å². The Morgan fingerprint density at radius 3 is 2.34 bits per heavy atom. The van der Waals surface area contributed by atoms with Gasteiger partial charge < -0.3 is 15.4 Å². The van der Waals surface area contributed by atoms with Crippen molar-refractivity contribution in [3.05, 3.63) is 50.3 Å². The maximum Gasteiger partial charge on any atom is 0.311 e. The minimum absolute atomic E-state index is 0.0101. The molecule has 0 saturated carbocycles. The van der Waals surface area contributed by atoms with Gasteiger partial charge in [0.2, 0.25) is 11.7 Å². The molecule has 2 rings (SSSR count). The molecule has 0 radical (unpaired) electrons. The summed E-state index contributed by atoms with van der Waals surface area (Å²) in [4.78, 5) is 31.6. The summed E-state index contributed by atoms with van der Waals surface area (Å²) in [5.74, 6) is -1.52. The van der Waals surface area contributed by atoms with Gasteiger partial charge in [0.05, 0.1) is 46.9 Å². The van der Waals surface area contributed by atoms with Crippen LogP contribution >= 0.6 is 0 Å². The largest absolute Gasteiger partial charge is 0.495 e. The van der Waals surface area contributed by atoms with E-state index in [9.17, 15) is 29.4 Å². The lowest BCUT2D eigenvalue weighted by atomic mass is 10.2. The third-order valence-electron chi connectivity index (χ3n) is 3.88. The highest BCUT2D eigenvalue weighted by Gasteiger charge is 2.25. The molecule has 2 aromatic rings. The van der Waals surface area contributed by atoms with E-state index in [0.717, 1.165) is 0 Å². The van der Waals surface area contributed by atoms with Gasteiger partial charge in [0.15, 0.2) is 5.69 Å². The smallest absolute Gasteiger partial charge is 0.311 e. The standard InChI is InChI=1S/C18H16FN7O6/c1-10(27)22-12-7-15(21-5-3-4-20)18(32-2)8-13(12)23-24-14-6-11(19)16(25(28)29)9-17(14)26(30)31/h6-9,21H,3,5H2,1-2H3,(H,22,27)/b24-23+. The first-order valence-electron chi connectivity index (χ1n) is 8.82. The number of hydrogen-bond donors (Lipinski definition) is 2. The zero-order valence-corrected chi connectivity index (χ0v) is 16.8. The van der Waals surface area contributed by atoms with E-state index < -0.39 is 38.6 Å². The SMILES string of the molecule is COc1cc(/N=N/c2cc(F)c([N+](=O)[O-])cc2[N+](=O)[O-])c(NC(C)=O)cc1NCCC#N. The normalized spacial score (nSPS) is 10.4. The predicted molar refractivity (Wildman–Crippen MR) is 110 cm³/mol. The molecule has 0 aliphatic rings. The van der Waals surface area contributed by atoms with Gasteiger partial charge >= 0.3 is 11.4 Å². The molecule has 0 bridgehead atoms. The molecule has 0 aromatic heterocycles. The van der Waals surface area contributed by atoms with Crippen LogP contribution in [0.2, 0.25) is 0 Å². The molecule has 14 heteroatoms. The number of carbonyl (C=O) groups excluding carboxylic acids is 1. The fraction of sp³-hybridized carbons (Fsp3) is 0.222. The molecule has 13 nitrogen and oxygen atoms in total. The van der Waals surface area contributed by atoms with Crippen LogP contribution < -0.4 is 15.4 Å². The van der Waals surface area contributed by atoms with Crippen LogP contribution in [-0.2, 0) is 4.79 Å². The first-order chi connectivity index (χ1) is 15.2. The fourth-order valence-electron chi connectivity index (χ4n) is 2.52. The van der Waals surface area contributed by atoms with Gasteiger partial charge in [-0.3, -0.25) is 25.0 Å². The number of nitro benzene ring substituents is 2. The van der Waals surface area contributed by atoms with Crippen molar-refractivity contribution in [2.45, 2.75) is 13.3 Å². The number of nitriles is 1. The first-order valence-corrected chi connectivity index (χ1v) is 8.82. The van der Waals surface area contributed by atoms with E-state index in [4.69, 9.17) is 10.00 Å². The second-order valence-corrected chi connectivity index (χ2v) is 6.09. The molecular weight excluding hydrogens is 429 g/mol. The van der Waals surface area contributed by atoms with Crippen molar-refractivity contribution in [3.8, 4) is 11.8 Å². The molecule has 0 atom stereocenters. The van der Waals surface area contributed by atoms with Crippen LogP contribution in [0.4, 0.5) is 38.5 Å². The molecule has 0 aliphatic heterocycles. The van der Waals surface area contributed by atoms with Crippen molar-refractivity contribution in [3.63, 3.8) is 0 Å². The number of amides is 1. The maximum absolute atomic E-state index is 14.0. The van der Waals surface area contributed by atoms with Gasteiger partial charge in [0, 0.05) is 25.6 Å². The van der Waals surface area contributed by atoms with Gasteiger partial charge in [0.25, 0.3) is 0 Å². The number of ether oxygens (including phenoxy) is 1. The molecule has 1 amide bonds. The first kappa shape index (κ1) is 23.6. The van der Waals surface area contributed by atoms with E-state index >= 15 is 0 Å². The van der Waals surface area contributed by atoms with Crippen molar-refractivity contribution < 1.29 is 23.8 Å². The highest BCUT2D eigenvalue weighted by atomic mass is 19.1. The van der Waals surface area contributed by atoms with Crippen LogP contribution in [-0.4, -0.2) is 29.4 Å². The Labute approximate surface area is 179 Å². The van der Waals surface area contributed by atoms with Crippen molar-refractivity contribution in [2.75, 3.05) is 24.3 Å².